The molecule has 0 saturated heterocycles. The zero-order valence-electron chi connectivity index (χ0n) is 17.3. The summed E-state index contributed by atoms with van der Waals surface area (Å²) in [5, 5.41) is 8.11. The van der Waals surface area contributed by atoms with Crippen molar-refractivity contribution in [2.75, 3.05) is 16.6 Å². The van der Waals surface area contributed by atoms with Gasteiger partial charge in [0.25, 0.3) is 15.9 Å². The molecule has 0 unspecified atom stereocenters. The quantitative estimate of drug-likeness (QED) is 0.425. The van der Waals surface area contributed by atoms with E-state index in [1.807, 2.05) is 0 Å². The van der Waals surface area contributed by atoms with Crippen molar-refractivity contribution in [3.8, 4) is 5.75 Å². The maximum Gasteiger partial charge on any atom is 0.262 e. The maximum atomic E-state index is 12.6. The molecule has 4 N–H and O–H groups in total. The second-order valence-corrected chi connectivity index (χ2v) is 10.6. The number of aryl methyl sites for hydroxylation is 1. The molecular formula is C21H20ClN3O6S2. The molecule has 3 aromatic carbocycles. The van der Waals surface area contributed by atoms with Gasteiger partial charge in [-0.1, -0.05) is 23.7 Å². The predicted molar refractivity (Wildman–Crippen MR) is 125 cm³/mol. The van der Waals surface area contributed by atoms with Crippen molar-refractivity contribution in [2.24, 2.45) is 5.14 Å². The Morgan fingerprint density at radius 2 is 1.58 bits per heavy atom. The fraction of sp³-hybridized carbons (Fsp3) is 0.0952. The van der Waals surface area contributed by atoms with Crippen molar-refractivity contribution < 1.29 is 26.4 Å². The van der Waals surface area contributed by atoms with Crippen LogP contribution in [0.2, 0.25) is 5.02 Å². The lowest BCUT2D eigenvalue weighted by atomic mass is 10.2. The first-order valence-corrected chi connectivity index (χ1v) is 12.8. The molecule has 9 nitrogen and oxygen atoms in total. The third-order valence-electron chi connectivity index (χ3n) is 4.41. The Labute approximate surface area is 196 Å². The minimum Gasteiger partial charge on any atom is -0.482 e. The molecule has 0 aliphatic carbocycles. The predicted octanol–water partition coefficient (Wildman–Crippen LogP) is 3.11. The fourth-order valence-corrected chi connectivity index (χ4v) is 4.57. The van der Waals surface area contributed by atoms with Gasteiger partial charge in [0.1, 0.15) is 5.75 Å². The molecule has 174 valence electrons. The average Bonchev–Trinajstić information content (AvgIpc) is 2.74. The van der Waals surface area contributed by atoms with Crippen LogP contribution in [-0.4, -0.2) is 29.3 Å². The zero-order chi connectivity index (χ0) is 24.2. The van der Waals surface area contributed by atoms with E-state index in [0.29, 0.717) is 16.3 Å². The van der Waals surface area contributed by atoms with E-state index >= 15 is 0 Å². The fourth-order valence-electron chi connectivity index (χ4n) is 2.78. The van der Waals surface area contributed by atoms with Crippen LogP contribution in [0.15, 0.2) is 76.5 Å². The van der Waals surface area contributed by atoms with Gasteiger partial charge < -0.3 is 10.1 Å². The number of nitrogens with one attached hydrogen (secondary N) is 2. The number of rotatable bonds is 8. The molecule has 3 rings (SSSR count). The second-order valence-electron chi connectivity index (χ2n) is 6.91. The molecule has 33 heavy (non-hydrogen) atoms. The van der Waals surface area contributed by atoms with E-state index in [0.717, 1.165) is 0 Å². The Morgan fingerprint density at radius 1 is 0.939 bits per heavy atom. The van der Waals surface area contributed by atoms with E-state index in [4.69, 9.17) is 21.5 Å². The first kappa shape index (κ1) is 24.5. The highest BCUT2D eigenvalue weighted by Gasteiger charge is 2.17. The van der Waals surface area contributed by atoms with Gasteiger partial charge in [-0.25, -0.2) is 22.0 Å². The van der Waals surface area contributed by atoms with E-state index in [9.17, 15) is 21.6 Å². The molecule has 0 aliphatic rings. The van der Waals surface area contributed by atoms with Crippen LogP contribution in [0.3, 0.4) is 0 Å². The molecule has 0 spiro atoms. The molecular weight excluding hydrogens is 490 g/mol. The van der Waals surface area contributed by atoms with Crippen LogP contribution in [0, 0.1) is 6.92 Å². The SMILES string of the molecule is Cc1cc(S(N)(=O)=O)ccc1NC(=O)COc1ccccc1NS(=O)(=O)c1ccc(Cl)cc1. The summed E-state index contributed by atoms with van der Waals surface area (Å²) in [5.41, 5.74) is 1.02. The third-order valence-corrected chi connectivity index (χ3v) is 6.96. The molecule has 1 amide bonds. The third kappa shape index (κ3) is 6.45. The number of hydrogen-bond donors (Lipinski definition) is 3. The number of carbonyl (C=O) groups excluding carboxylic acids is 1. The van der Waals surface area contributed by atoms with Crippen LogP contribution in [0.1, 0.15) is 5.56 Å². The van der Waals surface area contributed by atoms with Crippen LogP contribution >= 0.6 is 11.6 Å². The van der Waals surface area contributed by atoms with Gasteiger partial charge in [-0.05, 0) is 67.1 Å². The summed E-state index contributed by atoms with van der Waals surface area (Å²) in [5.74, 6) is -0.386. The topological polar surface area (TPSA) is 145 Å². The number of halogens is 1. The molecule has 0 heterocycles. The number of amides is 1. The maximum absolute atomic E-state index is 12.6. The van der Waals surface area contributed by atoms with E-state index in [2.05, 4.69) is 10.0 Å². The van der Waals surface area contributed by atoms with Crippen molar-refractivity contribution in [2.45, 2.75) is 16.7 Å². The summed E-state index contributed by atoms with van der Waals surface area (Å²) in [4.78, 5) is 12.3. The Morgan fingerprint density at radius 3 is 2.21 bits per heavy atom. The van der Waals surface area contributed by atoms with Gasteiger partial charge in [-0.2, -0.15) is 0 Å². The zero-order valence-corrected chi connectivity index (χ0v) is 19.7. The number of nitrogens with two attached hydrogens (primary N) is 1. The summed E-state index contributed by atoms with van der Waals surface area (Å²) < 4.78 is 56.1. The largest absolute Gasteiger partial charge is 0.482 e. The minimum absolute atomic E-state index is 0.0119. The highest BCUT2D eigenvalue weighted by Crippen LogP contribution is 2.27. The highest BCUT2D eigenvalue weighted by molar-refractivity contribution is 7.92. The van der Waals surface area contributed by atoms with Crippen LogP contribution in [0.25, 0.3) is 0 Å². The van der Waals surface area contributed by atoms with Gasteiger partial charge in [0.2, 0.25) is 10.0 Å². The molecule has 0 aromatic heterocycles. The number of primary sulfonamides is 1. The van der Waals surface area contributed by atoms with Gasteiger partial charge in [0.15, 0.2) is 6.61 Å². The molecule has 0 fully saturated rings. The number of anilines is 2. The summed E-state index contributed by atoms with van der Waals surface area (Å²) in [6, 6.07) is 15.9. The Hall–Kier alpha value is -3.12. The van der Waals surface area contributed by atoms with Crippen molar-refractivity contribution in [3.63, 3.8) is 0 Å². The number of para-hydroxylation sites is 2. The standard InChI is InChI=1S/C21H20ClN3O6S2/c1-14-12-17(32(23,27)28)10-11-18(14)24-21(26)13-31-20-5-3-2-4-19(20)25-33(29,30)16-8-6-15(22)7-9-16/h2-12,25H,13H2,1H3,(H,24,26)(H2,23,27,28). The number of sulfonamides is 2. The van der Waals surface area contributed by atoms with Gasteiger partial charge in [0.05, 0.1) is 15.5 Å². The minimum atomic E-state index is -3.91. The number of hydrogen-bond acceptors (Lipinski definition) is 6. The number of carbonyl (C=O) groups is 1. The monoisotopic (exact) mass is 509 g/mol. The number of ether oxygens (including phenoxy) is 1. The van der Waals surface area contributed by atoms with Crippen molar-refractivity contribution >= 4 is 48.9 Å². The Balaban J connectivity index is 1.69. The lowest BCUT2D eigenvalue weighted by Gasteiger charge is -2.14. The summed E-state index contributed by atoms with van der Waals surface area (Å²) in [7, 11) is -7.77. The summed E-state index contributed by atoms with van der Waals surface area (Å²) in [6.45, 7) is 1.20. The summed E-state index contributed by atoms with van der Waals surface area (Å²) in [6.07, 6.45) is 0. The van der Waals surface area contributed by atoms with Gasteiger partial charge in [0, 0.05) is 10.7 Å². The smallest absolute Gasteiger partial charge is 0.262 e. The van der Waals surface area contributed by atoms with E-state index in [1.54, 1.807) is 19.1 Å². The number of benzene rings is 3. The second kappa shape index (κ2) is 9.79. The molecule has 0 saturated carbocycles. The Bertz CT molecular complexity index is 1390. The molecule has 12 heteroatoms. The van der Waals surface area contributed by atoms with Gasteiger partial charge in [-0.3, -0.25) is 9.52 Å². The van der Waals surface area contributed by atoms with E-state index < -0.39 is 32.6 Å². The van der Waals surface area contributed by atoms with Crippen LogP contribution in [0.5, 0.6) is 5.75 Å². The van der Waals surface area contributed by atoms with E-state index in [-0.39, 0.29) is 21.2 Å². The Kier molecular flexibility index (Phi) is 7.28. The molecule has 3 aromatic rings. The molecule has 0 bridgehead atoms. The van der Waals surface area contributed by atoms with E-state index in [1.165, 1.54) is 54.6 Å². The van der Waals surface area contributed by atoms with Gasteiger partial charge >= 0.3 is 0 Å². The lowest BCUT2D eigenvalue weighted by molar-refractivity contribution is -0.118. The van der Waals surface area contributed by atoms with Crippen molar-refractivity contribution in [1.82, 2.24) is 0 Å². The van der Waals surface area contributed by atoms with Crippen LogP contribution in [0.4, 0.5) is 11.4 Å². The average molecular weight is 510 g/mol. The summed E-state index contributed by atoms with van der Waals surface area (Å²) >= 11 is 5.81. The molecule has 0 atom stereocenters. The van der Waals surface area contributed by atoms with Crippen molar-refractivity contribution in [3.05, 3.63) is 77.3 Å². The first-order valence-electron chi connectivity index (χ1n) is 9.39. The lowest BCUT2D eigenvalue weighted by Crippen LogP contribution is -2.21. The van der Waals surface area contributed by atoms with Crippen LogP contribution < -0.4 is 19.9 Å². The first-order chi connectivity index (χ1) is 15.5. The molecule has 0 radical (unpaired) electrons. The van der Waals surface area contributed by atoms with Crippen LogP contribution in [-0.2, 0) is 24.8 Å². The molecule has 0 aliphatic heterocycles. The highest BCUT2D eigenvalue weighted by atomic mass is 35.5. The van der Waals surface area contributed by atoms with Crippen molar-refractivity contribution in [1.29, 1.82) is 0 Å². The normalized spacial score (nSPS) is 11.6. The van der Waals surface area contributed by atoms with Gasteiger partial charge in [-0.15, -0.1) is 0 Å².